The van der Waals surface area contributed by atoms with Crippen LogP contribution in [0.5, 0.6) is 5.75 Å². The Morgan fingerprint density at radius 1 is 1.40 bits per heavy atom. The van der Waals surface area contributed by atoms with E-state index in [1.54, 1.807) is 0 Å². The fraction of sp³-hybridized carbons (Fsp3) is 0.667. The predicted octanol–water partition coefficient (Wildman–Crippen LogP) is 4.10. The molecule has 0 bridgehead atoms. The van der Waals surface area contributed by atoms with E-state index in [-0.39, 0.29) is 0 Å². The molecule has 1 fully saturated rings. The quantitative estimate of drug-likeness (QED) is 0.872. The van der Waals surface area contributed by atoms with E-state index in [1.807, 2.05) is 0 Å². The third-order valence-electron chi connectivity index (χ3n) is 4.91. The Bertz CT molecular complexity index is 480. The van der Waals surface area contributed by atoms with E-state index < -0.39 is 0 Å². The van der Waals surface area contributed by atoms with Gasteiger partial charge in [0.15, 0.2) is 0 Å². The van der Waals surface area contributed by atoms with Crippen LogP contribution in [-0.2, 0) is 6.42 Å². The largest absolute Gasteiger partial charge is 0.493 e. The molecule has 1 saturated carbocycles. The molecule has 0 aromatic heterocycles. The van der Waals surface area contributed by atoms with Crippen LogP contribution in [0.3, 0.4) is 0 Å². The number of aryl methyl sites for hydroxylation is 1. The molecule has 1 heterocycles. The first-order valence-corrected chi connectivity index (χ1v) is 8.11. The molecule has 20 heavy (non-hydrogen) atoms. The van der Waals surface area contributed by atoms with E-state index in [2.05, 4.69) is 44.3 Å². The summed E-state index contributed by atoms with van der Waals surface area (Å²) in [6, 6.07) is 7.16. The molecule has 3 rings (SSSR count). The molecule has 2 unspecified atom stereocenters. The van der Waals surface area contributed by atoms with Crippen molar-refractivity contribution in [3.8, 4) is 5.75 Å². The Kier molecular flexibility index (Phi) is 3.76. The number of ether oxygens (including phenoxy) is 1. The lowest BCUT2D eigenvalue weighted by Crippen LogP contribution is -2.27. The molecule has 0 spiro atoms. The van der Waals surface area contributed by atoms with Gasteiger partial charge in [0.2, 0.25) is 0 Å². The lowest BCUT2D eigenvalue weighted by atomic mass is 9.92. The highest BCUT2D eigenvalue weighted by molar-refractivity contribution is 5.45. The normalized spacial score (nSPS) is 24.6. The van der Waals surface area contributed by atoms with Gasteiger partial charge in [-0.15, -0.1) is 0 Å². The van der Waals surface area contributed by atoms with Crippen molar-refractivity contribution < 1.29 is 4.74 Å². The molecule has 1 aliphatic carbocycles. The van der Waals surface area contributed by atoms with E-state index in [9.17, 15) is 0 Å². The topological polar surface area (TPSA) is 21.3 Å². The second-order valence-corrected chi connectivity index (χ2v) is 7.02. The standard InChI is InChI=1S/C18H27NO/c1-4-10-19-16(15-12-18(15,2)3)14-9-5-7-13-8-6-11-20-17(13)14/h5,7,9,15-16,19H,4,6,8,10-12H2,1-3H3. The Labute approximate surface area is 122 Å². The Hall–Kier alpha value is -1.02. The SMILES string of the molecule is CCCNC(c1cccc2c1OCCC2)C1CC1(C)C. The summed E-state index contributed by atoms with van der Waals surface area (Å²) in [4.78, 5) is 0. The van der Waals surface area contributed by atoms with Crippen LogP contribution in [0.25, 0.3) is 0 Å². The van der Waals surface area contributed by atoms with Gasteiger partial charge in [-0.2, -0.15) is 0 Å². The highest BCUT2D eigenvalue weighted by Crippen LogP contribution is 2.58. The summed E-state index contributed by atoms with van der Waals surface area (Å²) in [6.45, 7) is 8.96. The molecule has 110 valence electrons. The third kappa shape index (κ3) is 2.58. The second kappa shape index (κ2) is 5.40. The molecule has 1 aromatic carbocycles. The molecular weight excluding hydrogens is 246 g/mol. The number of hydrogen-bond donors (Lipinski definition) is 1. The maximum absolute atomic E-state index is 6.02. The van der Waals surface area contributed by atoms with E-state index in [1.165, 1.54) is 29.7 Å². The van der Waals surface area contributed by atoms with Gasteiger partial charge in [-0.1, -0.05) is 39.0 Å². The lowest BCUT2D eigenvalue weighted by Gasteiger charge is -2.27. The van der Waals surface area contributed by atoms with Crippen LogP contribution in [0.1, 0.15) is 57.2 Å². The highest BCUT2D eigenvalue weighted by Gasteiger charge is 2.51. The minimum atomic E-state index is 0.456. The van der Waals surface area contributed by atoms with Gasteiger partial charge in [0.1, 0.15) is 5.75 Å². The summed E-state index contributed by atoms with van der Waals surface area (Å²) in [5, 5.41) is 3.77. The molecule has 2 heteroatoms. The summed E-state index contributed by atoms with van der Waals surface area (Å²) >= 11 is 0. The number of fused-ring (bicyclic) bond motifs is 1. The van der Waals surface area contributed by atoms with Gasteiger partial charge in [-0.25, -0.2) is 0 Å². The van der Waals surface area contributed by atoms with Gasteiger partial charge in [0.05, 0.1) is 6.61 Å². The van der Waals surface area contributed by atoms with Gasteiger partial charge in [0.25, 0.3) is 0 Å². The van der Waals surface area contributed by atoms with Gasteiger partial charge in [0, 0.05) is 11.6 Å². The Balaban J connectivity index is 1.91. The third-order valence-corrected chi connectivity index (χ3v) is 4.91. The van der Waals surface area contributed by atoms with E-state index >= 15 is 0 Å². The van der Waals surface area contributed by atoms with Crippen molar-refractivity contribution in [1.82, 2.24) is 5.32 Å². The fourth-order valence-electron chi connectivity index (χ4n) is 3.51. The van der Waals surface area contributed by atoms with Crippen LogP contribution >= 0.6 is 0 Å². The van der Waals surface area contributed by atoms with Crippen LogP contribution in [0.4, 0.5) is 0 Å². The van der Waals surface area contributed by atoms with Crippen molar-refractivity contribution in [2.75, 3.05) is 13.2 Å². The van der Waals surface area contributed by atoms with Crippen LogP contribution in [-0.4, -0.2) is 13.2 Å². The molecule has 1 N–H and O–H groups in total. The molecule has 2 nitrogen and oxygen atoms in total. The van der Waals surface area contributed by atoms with Crippen molar-refractivity contribution in [3.63, 3.8) is 0 Å². The lowest BCUT2D eigenvalue weighted by molar-refractivity contribution is 0.278. The molecule has 2 aliphatic rings. The van der Waals surface area contributed by atoms with Gasteiger partial charge >= 0.3 is 0 Å². The minimum absolute atomic E-state index is 0.456. The Morgan fingerprint density at radius 2 is 2.20 bits per heavy atom. The number of rotatable bonds is 5. The summed E-state index contributed by atoms with van der Waals surface area (Å²) in [7, 11) is 0. The molecule has 0 amide bonds. The van der Waals surface area contributed by atoms with Crippen LogP contribution < -0.4 is 10.1 Å². The minimum Gasteiger partial charge on any atom is -0.493 e. The van der Waals surface area contributed by atoms with E-state index in [0.29, 0.717) is 11.5 Å². The number of hydrogen-bond acceptors (Lipinski definition) is 2. The maximum Gasteiger partial charge on any atom is 0.127 e. The summed E-state index contributed by atoms with van der Waals surface area (Å²) in [6.07, 6.45) is 4.81. The predicted molar refractivity (Wildman–Crippen MR) is 83.2 cm³/mol. The monoisotopic (exact) mass is 273 g/mol. The zero-order chi connectivity index (χ0) is 14.2. The van der Waals surface area contributed by atoms with Crippen molar-refractivity contribution in [3.05, 3.63) is 29.3 Å². The van der Waals surface area contributed by atoms with Crippen molar-refractivity contribution >= 4 is 0 Å². The fourth-order valence-corrected chi connectivity index (χ4v) is 3.51. The van der Waals surface area contributed by atoms with Gasteiger partial charge < -0.3 is 10.1 Å². The maximum atomic E-state index is 6.02. The Morgan fingerprint density at radius 3 is 2.90 bits per heavy atom. The highest BCUT2D eigenvalue weighted by atomic mass is 16.5. The second-order valence-electron chi connectivity index (χ2n) is 7.02. The van der Waals surface area contributed by atoms with Gasteiger partial charge in [-0.3, -0.25) is 0 Å². The molecule has 1 aliphatic heterocycles. The van der Waals surface area contributed by atoms with E-state index in [4.69, 9.17) is 4.74 Å². The first-order chi connectivity index (χ1) is 9.63. The van der Waals surface area contributed by atoms with E-state index in [0.717, 1.165) is 31.9 Å². The number of benzene rings is 1. The number of para-hydroxylation sites is 1. The molecule has 1 aromatic rings. The van der Waals surface area contributed by atoms with Crippen molar-refractivity contribution in [2.24, 2.45) is 11.3 Å². The molecule has 0 saturated heterocycles. The zero-order valence-corrected chi connectivity index (χ0v) is 13.0. The average Bonchev–Trinajstić information content (AvgIpc) is 3.08. The smallest absolute Gasteiger partial charge is 0.127 e. The summed E-state index contributed by atoms with van der Waals surface area (Å²) < 4.78 is 6.02. The van der Waals surface area contributed by atoms with Crippen LogP contribution in [0.15, 0.2) is 18.2 Å². The van der Waals surface area contributed by atoms with Crippen molar-refractivity contribution in [1.29, 1.82) is 0 Å². The van der Waals surface area contributed by atoms with Crippen LogP contribution in [0.2, 0.25) is 0 Å². The summed E-state index contributed by atoms with van der Waals surface area (Å²) in [5.41, 5.74) is 3.27. The average molecular weight is 273 g/mol. The van der Waals surface area contributed by atoms with Gasteiger partial charge in [-0.05, 0) is 49.1 Å². The number of nitrogens with one attached hydrogen (secondary N) is 1. The molecule has 0 radical (unpaired) electrons. The summed E-state index contributed by atoms with van der Waals surface area (Å²) in [5.74, 6) is 1.92. The molecule has 2 atom stereocenters. The first kappa shape index (κ1) is 13.9. The van der Waals surface area contributed by atoms with Crippen molar-refractivity contribution in [2.45, 2.75) is 52.5 Å². The zero-order valence-electron chi connectivity index (χ0n) is 13.0. The van der Waals surface area contributed by atoms with Crippen LogP contribution in [0, 0.1) is 11.3 Å². The first-order valence-electron chi connectivity index (χ1n) is 8.11. The molecular formula is C18H27NO.